The molecule has 0 saturated carbocycles. The fourth-order valence-corrected chi connectivity index (χ4v) is 2.13. The minimum absolute atomic E-state index is 0.146. The Morgan fingerprint density at radius 2 is 2.22 bits per heavy atom. The lowest BCUT2D eigenvalue weighted by Crippen LogP contribution is -2.33. The van der Waals surface area contributed by atoms with Crippen molar-refractivity contribution < 1.29 is 9.53 Å². The summed E-state index contributed by atoms with van der Waals surface area (Å²) in [6, 6.07) is 8.49. The van der Waals surface area contributed by atoms with Gasteiger partial charge in [0.1, 0.15) is 0 Å². The highest BCUT2D eigenvalue weighted by molar-refractivity contribution is 5.75. The SMILES string of the molecule is CN(C)C(=O)CCNC1COCc2ccccc21. The molecule has 1 aromatic rings. The fraction of sp³-hybridized carbons (Fsp3) is 0.500. The van der Waals surface area contributed by atoms with Gasteiger partial charge in [0.2, 0.25) is 5.91 Å². The normalized spacial score (nSPS) is 18.2. The number of benzene rings is 1. The maximum Gasteiger partial charge on any atom is 0.223 e. The predicted octanol–water partition coefficient (Wildman–Crippen LogP) is 1.33. The zero-order valence-corrected chi connectivity index (χ0v) is 11.0. The molecule has 0 bridgehead atoms. The van der Waals surface area contributed by atoms with Crippen molar-refractivity contribution in [2.45, 2.75) is 19.1 Å². The van der Waals surface area contributed by atoms with E-state index in [0.717, 1.165) is 0 Å². The van der Waals surface area contributed by atoms with E-state index in [1.165, 1.54) is 11.1 Å². The highest BCUT2D eigenvalue weighted by atomic mass is 16.5. The van der Waals surface area contributed by atoms with Gasteiger partial charge in [-0.2, -0.15) is 0 Å². The molecule has 1 aliphatic rings. The first kappa shape index (κ1) is 13.1. The third kappa shape index (κ3) is 3.09. The Labute approximate surface area is 108 Å². The van der Waals surface area contributed by atoms with Crippen LogP contribution in [0.4, 0.5) is 0 Å². The van der Waals surface area contributed by atoms with E-state index in [1.54, 1.807) is 19.0 Å². The molecule has 0 saturated heterocycles. The van der Waals surface area contributed by atoms with E-state index < -0.39 is 0 Å². The lowest BCUT2D eigenvalue weighted by Gasteiger charge is -2.26. The van der Waals surface area contributed by atoms with Crippen LogP contribution in [0.25, 0.3) is 0 Å². The van der Waals surface area contributed by atoms with Crippen LogP contribution in [0.3, 0.4) is 0 Å². The summed E-state index contributed by atoms with van der Waals surface area (Å²) in [4.78, 5) is 13.1. The van der Waals surface area contributed by atoms with Gasteiger partial charge in [0.05, 0.1) is 19.3 Å². The molecule has 4 heteroatoms. The maximum absolute atomic E-state index is 11.5. The van der Waals surface area contributed by atoms with Gasteiger partial charge >= 0.3 is 0 Å². The Hall–Kier alpha value is -1.39. The minimum atomic E-state index is 0.146. The first-order valence-corrected chi connectivity index (χ1v) is 6.27. The van der Waals surface area contributed by atoms with E-state index in [-0.39, 0.29) is 11.9 Å². The lowest BCUT2D eigenvalue weighted by molar-refractivity contribution is -0.128. The van der Waals surface area contributed by atoms with Crippen LogP contribution in [0.5, 0.6) is 0 Å². The molecule has 1 N–H and O–H groups in total. The Morgan fingerprint density at radius 3 is 3.00 bits per heavy atom. The summed E-state index contributed by atoms with van der Waals surface area (Å²) in [6.45, 7) is 2.04. The quantitative estimate of drug-likeness (QED) is 0.874. The number of carbonyl (C=O) groups excluding carboxylic acids is 1. The number of hydrogen-bond acceptors (Lipinski definition) is 3. The van der Waals surface area contributed by atoms with Crippen LogP contribution in [0.2, 0.25) is 0 Å². The molecule has 98 valence electrons. The molecule has 0 spiro atoms. The van der Waals surface area contributed by atoms with E-state index in [2.05, 4.69) is 17.4 Å². The van der Waals surface area contributed by atoms with E-state index >= 15 is 0 Å². The monoisotopic (exact) mass is 248 g/mol. The Morgan fingerprint density at radius 1 is 1.44 bits per heavy atom. The number of amides is 1. The molecule has 1 aromatic carbocycles. The zero-order valence-electron chi connectivity index (χ0n) is 11.0. The highest BCUT2D eigenvalue weighted by Crippen LogP contribution is 2.24. The minimum Gasteiger partial charge on any atom is -0.375 e. The summed E-state index contributed by atoms with van der Waals surface area (Å²) in [7, 11) is 3.56. The molecule has 1 amide bonds. The molecule has 0 radical (unpaired) electrons. The maximum atomic E-state index is 11.5. The molecule has 18 heavy (non-hydrogen) atoms. The van der Waals surface area contributed by atoms with Gasteiger partial charge in [0, 0.05) is 27.1 Å². The van der Waals surface area contributed by atoms with Crippen molar-refractivity contribution in [3.8, 4) is 0 Å². The fourth-order valence-electron chi connectivity index (χ4n) is 2.13. The van der Waals surface area contributed by atoms with E-state index in [1.807, 2.05) is 12.1 Å². The van der Waals surface area contributed by atoms with Gasteiger partial charge in [-0.25, -0.2) is 0 Å². The summed E-state index contributed by atoms with van der Waals surface area (Å²) in [5.74, 6) is 0.146. The van der Waals surface area contributed by atoms with Gasteiger partial charge in [-0.05, 0) is 11.1 Å². The van der Waals surface area contributed by atoms with E-state index in [9.17, 15) is 4.79 Å². The average Bonchev–Trinajstić information content (AvgIpc) is 2.38. The Bertz CT molecular complexity index is 418. The van der Waals surface area contributed by atoms with Crippen LogP contribution in [-0.4, -0.2) is 38.1 Å². The van der Waals surface area contributed by atoms with Crippen molar-refractivity contribution in [1.29, 1.82) is 0 Å². The summed E-state index contributed by atoms with van der Waals surface area (Å²) in [5, 5.41) is 3.39. The summed E-state index contributed by atoms with van der Waals surface area (Å²) >= 11 is 0. The van der Waals surface area contributed by atoms with Gasteiger partial charge in [-0.15, -0.1) is 0 Å². The molecule has 0 aliphatic carbocycles. The summed E-state index contributed by atoms with van der Waals surface area (Å²) < 4.78 is 5.56. The van der Waals surface area contributed by atoms with E-state index in [0.29, 0.717) is 26.2 Å². The van der Waals surface area contributed by atoms with Crippen molar-refractivity contribution in [2.75, 3.05) is 27.2 Å². The van der Waals surface area contributed by atoms with Crippen LogP contribution < -0.4 is 5.32 Å². The predicted molar refractivity (Wildman–Crippen MR) is 70.2 cm³/mol. The van der Waals surface area contributed by atoms with Crippen molar-refractivity contribution in [3.05, 3.63) is 35.4 Å². The second-order valence-electron chi connectivity index (χ2n) is 4.76. The molecule has 1 heterocycles. The first-order valence-electron chi connectivity index (χ1n) is 6.27. The number of nitrogens with zero attached hydrogens (tertiary/aromatic N) is 1. The number of hydrogen-bond donors (Lipinski definition) is 1. The van der Waals surface area contributed by atoms with Crippen LogP contribution >= 0.6 is 0 Å². The van der Waals surface area contributed by atoms with Crippen LogP contribution in [0.15, 0.2) is 24.3 Å². The standard InChI is InChI=1S/C14H20N2O2/c1-16(2)14(17)7-8-15-13-10-18-9-11-5-3-4-6-12(11)13/h3-6,13,15H,7-10H2,1-2H3. The lowest BCUT2D eigenvalue weighted by atomic mass is 9.99. The number of carbonyl (C=O) groups is 1. The van der Waals surface area contributed by atoms with Crippen molar-refractivity contribution in [1.82, 2.24) is 10.2 Å². The molecule has 0 fully saturated rings. The zero-order chi connectivity index (χ0) is 13.0. The third-order valence-electron chi connectivity index (χ3n) is 3.20. The molecule has 1 aliphatic heterocycles. The van der Waals surface area contributed by atoms with Gasteiger partial charge < -0.3 is 15.0 Å². The summed E-state index contributed by atoms with van der Waals surface area (Å²) in [6.07, 6.45) is 0.520. The molecular weight excluding hydrogens is 228 g/mol. The molecule has 0 aromatic heterocycles. The number of rotatable bonds is 4. The molecule has 2 rings (SSSR count). The number of fused-ring (bicyclic) bond motifs is 1. The van der Waals surface area contributed by atoms with Gasteiger partial charge in [-0.3, -0.25) is 4.79 Å². The second-order valence-corrected chi connectivity index (χ2v) is 4.76. The number of nitrogens with one attached hydrogen (secondary N) is 1. The molecule has 1 unspecified atom stereocenters. The van der Waals surface area contributed by atoms with Crippen molar-refractivity contribution >= 4 is 5.91 Å². The molecule has 1 atom stereocenters. The van der Waals surface area contributed by atoms with Gasteiger partial charge in [-0.1, -0.05) is 24.3 Å². The van der Waals surface area contributed by atoms with Crippen molar-refractivity contribution in [2.24, 2.45) is 0 Å². The van der Waals surface area contributed by atoms with Gasteiger partial charge in [0.25, 0.3) is 0 Å². The Balaban J connectivity index is 1.90. The average molecular weight is 248 g/mol. The van der Waals surface area contributed by atoms with Crippen LogP contribution in [-0.2, 0) is 16.1 Å². The van der Waals surface area contributed by atoms with Crippen LogP contribution in [0.1, 0.15) is 23.6 Å². The topological polar surface area (TPSA) is 41.6 Å². The van der Waals surface area contributed by atoms with Crippen LogP contribution in [0, 0.1) is 0 Å². The summed E-state index contributed by atoms with van der Waals surface area (Å²) in [5.41, 5.74) is 2.53. The molecule has 4 nitrogen and oxygen atoms in total. The van der Waals surface area contributed by atoms with E-state index in [4.69, 9.17) is 4.74 Å². The Kier molecular flexibility index (Phi) is 4.33. The highest BCUT2D eigenvalue weighted by Gasteiger charge is 2.19. The number of ether oxygens (including phenoxy) is 1. The van der Waals surface area contributed by atoms with Gasteiger partial charge in [0.15, 0.2) is 0 Å². The largest absolute Gasteiger partial charge is 0.375 e. The molecular formula is C14H20N2O2. The third-order valence-corrected chi connectivity index (χ3v) is 3.20. The van der Waals surface area contributed by atoms with Crippen molar-refractivity contribution in [3.63, 3.8) is 0 Å². The second kappa shape index (κ2) is 5.98. The first-order chi connectivity index (χ1) is 8.68. The smallest absolute Gasteiger partial charge is 0.223 e.